The monoisotopic (exact) mass is 645 g/mol. The number of methoxy groups -OCH3 is 1. The maximum atomic E-state index is 13.8. The third kappa shape index (κ3) is 5.53. The number of thiophene rings is 1. The number of morpholine rings is 1. The number of halogens is 2. The molecule has 7 rings (SSSR count). The van der Waals surface area contributed by atoms with E-state index in [1.807, 2.05) is 6.07 Å². The highest BCUT2D eigenvalue weighted by molar-refractivity contribution is 7.13. The fourth-order valence-electron chi connectivity index (χ4n) is 6.22. The molecule has 0 amide bonds. The van der Waals surface area contributed by atoms with Gasteiger partial charge in [-0.2, -0.15) is 9.97 Å². The van der Waals surface area contributed by atoms with Crippen molar-refractivity contribution >= 4 is 34.6 Å². The Bertz CT molecular complexity index is 1540. The minimum atomic E-state index is -2.96. The van der Waals surface area contributed by atoms with Crippen molar-refractivity contribution in [2.75, 3.05) is 67.8 Å². The largest absolute Gasteiger partial charge is 0.480 e. The number of hydrogen-bond acceptors (Lipinski definition) is 13. The van der Waals surface area contributed by atoms with Crippen LogP contribution < -0.4 is 19.4 Å². The van der Waals surface area contributed by atoms with Crippen molar-refractivity contribution in [3.63, 3.8) is 0 Å². The Balaban J connectivity index is 1.19. The van der Waals surface area contributed by atoms with Crippen LogP contribution in [0.2, 0.25) is 0 Å². The summed E-state index contributed by atoms with van der Waals surface area (Å²) in [6.07, 6.45) is -1.63. The summed E-state index contributed by atoms with van der Waals surface area (Å²) in [5.74, 6) is -1.57. The van der Waals surface area contributed by atoms with Gasteiger partial charge >= 0.3 is 5.97 Å². The van der Waals surface area contributed by atoms with Gasteiger partial charge in [0.05, 0.1) is 55.3 Å². The zero-order valence-corrected chi connectivity index (χ0v) is 25.5. The molecule has 7 heterocycles. The third-order valence-corrected chi connectivity index (χ3v) is 9.84. The number of carboxylic acids is 1. The summed E-state index contributed by atoms with van der Waals surface area (Å²) in [6.45, 7) is 5.72. The summed E-state index contributed by atoms with van der Waals surface area (Å²) in [5.41, 5.74) is 1.26. The van der Waals surface area contributed by atoms with Crippen molar-refractivity contribution in [2.24, 2.45) is 0 Å². The zero-order chi connectivity index (χ0) is 31.3. The second kappa shape index (κ2) is 11.9. The van der Waals surface area contributed by atoms with Crippen LogP contribution >= 0.6 is 11.3 Å². The average Bonchev–Trinajstić information content (AvgIpc) is 3.68. The Morgan fingerprint density at radius 2 is 2.00 bits per heavy atom. The highest BCUT2D eigenvalue weighted by Gasteiger charge is 2.50. The van der Waals surface area contributed by atoms with Gasteiger partial charge in [0, 0.05) is 33.2 Å². The van der Waals surface area contributed by atoms with Crippen LogP contribution in [0.3, 0.4) is 0 Å². The molecule has 4 fully saturated rings. The Morgan fingerprint density at radius 1 is 1.18 bits per heavy atom. The third-order valence-electron chi connectivity index (χ3n) is 8.98. The molecule has 3 aromatic rings. The molecule has 0 bridgehead atoms. The van der Waals surface area contributed by atoms with E-state index in [9.17, 15) is 18.7 Å². The first-order valence-electron chi connectivity index (χ1n) is 14.7. The highest BCUT2D eigenvalue weighted by Crippen LogP contribution is 2.41. The first-order chi connectivity index (χ1) is 21.7. The topological polar surface area (TPSA) is 136 Å². The number of aliphatic carboxylic acids is 1. The van der Waals surface area contributed by atoms with Crippen LogP contribution in [0.5, 0.6) is 5.88 Å². The summed E-state index contributed by atoms with van der Waals surface area (Å²) >= 11 is 1.29. The normalized spacial score (nSPS) is 24.6. The van der Waals surface area contributed by atoms with Crippen molar-refractivity contribution in [2.45, 2.75) is 49.7 Å². The molecule has 45 heavy (non-hydrogen) atoms. The van der Waals surface area contributed by atoms with Crippen LogP contribution in [-0.2, 0) is 19.0 Å². The quantitative estimate of drug-likeness (QED) is 0.366. The Kier molecular flexibility index (Phi) is 7.91. The van der Waals surface area contributed by atoms with E-state index in [1.165, 1.54) is 16.2 Å². The van der Waals surface area contributed by atoms with Crippen LogP contribution in [0.25, 0.3) is 10.7 Å². The molecule has 4 saturated heterocycles. The van der Waals surface area contributed by atoms with Gasteiger partial charge in [0.25, 0.3) is 6.43 Å². The zero-order valence-electron chi connectivity index (χ0n) is 24.7. The van der Waals surface area contributed by atoms with Gasteiger partial charge in [0.15, 0.2) is 5.82 Å². The lowest BCUT2D eigenvalue weighted by molar-refractivity contribution is -0.228. The van der Waals surface area contributed by atoms with Crippen molar-refractivity contribution in [1.82, 2.24) is 19.9 Å². The molecular formula is C29H33F2N7O6S. The minimum absolute atomic E-state index is 0.0389. The smallest absolute Gasteiger partial charge is 0.326 e. The number of alkyl halides is 2. The van der Waals surface area contributed by atoms with Crippen molar-refractivity contribution < 1.29 is 37.6 Å². The molecule has 0 aliphatic carbocycles. The predicted octanol–water partition coefficient (Wildman–Crippen LogP) is 2.87. The number of nitrogens with zero attached hydrogens (tertiary/aromatic N) is 7. The molecule has 13 nitrogen and oxygen atoms in total. The average molecular weight is 646 g/mol. The van der Waals surface area contributed by atoms with Crippen LogP contribution in [0.4, 0.5) is 26.1 Å². The molecule has 1 spiro atoms. The number of ether oxygens (including phenoxy) is 4. The standard InChI is InChI=1S/C29H33F2N7O6S/c1-16-29(14-42-15-29)43-6-5-37(16)20-8-17(36-11-19(12-36)41-2)10-32-26(20)44-18-9-21(27(39)40)38(13-18)28-34-24(22-4-3-7-45-22)33-25(35-28)23(30)31/h3-4,7-8,10,16,18-19,21,23H,5-6,9,11-15H2,1-2H3,(H,39,40)/t16-,18-,21-/m0/s1. The number of rotatable bonds is 9. The second-order valence-electron chi connectivity index (χ2n) is 11.6. The Hall–Kier alpha value is -3.73. The maximum Gasteiger partial charge on any atom is 0.326 e. The van der Waals surface area contributed by atoms with Gasteiger partial charge in [-0.3, -0.25) is 0 Å². The lowest BCUT2D eigenvalue weighted by Crippen LogP contribution is -2.68. The van der Waals surface area contributed by atoms with E-state index in [1.54, 1.807) is 30.8 Å². The van der Waals surface area contributed by atoms with Crippen molar-refractivity contribution in [3.8, 4) is 16.6 Å². The first kappa shape index (κ1) is 30.0. The van der Waals surface area contributed by atoms with Gasteiger partial charge in [-0.1, -0.05) is 6.07 Å². The molecular weight excluding hydrogens is 612 g/mol. The summed E-state index contributed by atoms with van der Waals surface area (Å²) in [6, 6.07) is 4.37. The van der Waals surface area contributed by atoms with E-state index in [0.717, 1.165) is 24.5 Å². The van der Waals surface area contributed by atoms with Crippen LogP contribution in [-0.4, -0.2) is 114 Å². The van der Waals surface area contributed by atoms with Gasteiger partial charge < -0.3 is 38.8 Å². The van der Waals surface area contributed by atoms with E-state index in [0.29, 0.717) is 37.1 Å². The first-order valence-corrected chi connectivity index (χ1v) is 15.6. The molecule has 0 aromatic carbocycles. The molecule has 4 aliphatic heterocycles. The molecule has 0 saturated carbocycles. The van der Waals surface area contributed by atoms with Crippen molar-refractivity contribution in [1.29, 1.82) is 0 Å². The summed E-state index contributed by atoms with van der Waals surface area (Å²) in [5, 5.41) is 11.9. The van der Waals surface area contributed by atoms with Gasteiger partial charge in [0.1, 0.15) is 23.4 Å². The lowest BCUT2D eigenvalue weighted by atomic mass is 9.90. The SMILES string of the molecule is COC1CN(c2cnc(O[C@H]3C[C@@H](C(=O)O)N(c4nc(-c5cccs5)nc(C(F)F)n4)C3)c(N3CCOC4(COC4)[C@@H]3C)c2)C1. The van der Waals surface area contributed by atoms with E-state index in [-0.39, 0.29) is 36.9 Å². The van der Waals surface area contributed by atoms with Crippen LogP contribution in [0.15, 0.2) is 29.8 Å². The number of carboxylic acid groups (broad SMARTS) is 1. The predicted molar refractivity (Wildman–Crippen MR) is 159 cm³/mol. The number of aromatic nitrogens is 4. The van der Waals surface area contributed by atoms with Crippen LogP contribution in [0, 0.1) is 0 Å². The molecule has 16 heteroatoms. The number of anilines is 3. The lowest BCUT2D eigenvalue weighted by Gasteiger charge is -2.53. The summed E-state index contributed by atoms with van der Waals surface area (Å²) < 4.78 is 51.2. The molecule has 3 aromatic heterocycles. The Labute approximate surface area is 261 Å². The van der Waals surface area contributed by atoms with Crippen molar-refractivity contribution in [3.05, 3.63) is 35.6 Å². The molecule has 1 N–H and O–H groups in total. The molecule has 3 atom stereocenters. The summed E-state index contributed by atoms with van der Waals surface area (Å²) in [4.78, 5) is 35.8. The van der Waals surface area contributed by atoms with E-state index in [2.05, 4.69) is 31.7 Å². The van der Waals surface area contributed by atoms with E-state index >= 15 is 0 Å². The van der Waals surface area contributed by atoms with E-state index < -0.39 is 36.0 Å². The number of hydrogen-bond donors (Lipinski definition) is 1. The molecule has 0 unspecified atom stereocenters. The van der Waals surface area contributed by atoms with Gasteiger partial charge in [-0.15, -0.1) is 11.3 Å². The van der Waals surface area contributed by atoms with Crippen LogP contribution in [0.1, 0.15) is 25.6 Å². The highest BCUT2D eigenvalue weighted by atomic mass is 32.1. The number of pyridine rings is 1. The minimum Gasteiger partial charge on any atom is -0.480 e. The summed E-state index contributed by atoms with van der Waals surface area (Å²) in [7, 11) is 1.70. The Morgan fingerprint density at radius 3 is 2.67 bits per heavy atom. The van der Waals surface area contributed by atoms with Gasteiger partial charge in [0.2, 0.25) is 17.7 Å². The molecule has 0 radical (unpaired) electrons. The molecule has 4 aliphatic rings. The van der Waals surface area contributed by atoms with Gasteiger partial charge in [-0.25, -0.2) is 23.5 Å². The number of carbonyl (C=O) groups is 1. The molecule has 240 valence electrons. The fourth-order valence-corrected chi connectivity index (χ4v) is 6.88. The second-order valence-corrected chi connectivity index (χ2v) is 12.6. The maximum absolute atomic E-state index is 13.8. The van der Waals surface area contributed by atoms with E-state index in [4.69, 9.17) is 23.9 Å². The fraction of sp³-hybridized carbons (Fsp3) is 0.552. The van der Waals surface area contributed by atoms with Gasteiger partial charge in [-0.05, 0) is 24.4 Å².